The lowest BCUT2D eigenvalue weighted by Gasteiger charge is -2.33. The van der Waals surface area contributed by atoms with Crippen molar-refractivity contribution in [2.45, 2.75) is 6.54 Å². The number of benzene rings is 2. The van der Waals surface area contributed by atoms with E-state index in [9.17, 15) is 0 Å². The Bertz CT molecular complexity index is 712. The number of piperazine rings is 1. The minimum absolute atomic E-state index is 1.06. The van der Waals surface area contributed by atoms with Crippen molar-refractivity contribution in [1.82, 2.24) is 4.98 Å². The van der Waals surface area contributed by atoms with Crippen molar-refractivity contribution in [2.75, 3.05) is 31.1 Å². The summed E-state index contributed by atoms with van der Waals surface area (Å²) in [5.41, 5.74) is 2.49. The number of hydrogen-bond donors (Lipinski definition) is 1. The molecular weight excluding hydrogens is 290 g/mol. The predicted molar refractivity (Wildman–Crippen MR) is 92.7 cm³/mol. The second kappa shape index (κ2) is 6.07. The third-order valence-electron chi connectivity index (χ3n) is 4.33. The van der Waals surface area contributed by atoms with E-state index in [2.05, 4.69) is 59.5 Å². The number of anilines is 1. The van der Waals surface area contributed by atoms with E-state index >= 15 is 0 Å². The van der Waals surface area contributed by atoms with Crippen LogP contribution in [-0.2, 0) is 6.54 Å². The average molecular weight is 310 g/mol. The van der Waals surface area contributed by atoms with Gasteiger partial charge in [-0.25, -0.2) is 4.98 Å². The summed E-state index contributed by atoms with van der Waals surface area (Å²) < 4.78 is 1.31. The van der Waals surface area contributed by atoms with Gasteiger partial charge in [-0.15, -0.1) is 11.3 Å². The topological polar surface area (TPSA) is 20.6 Å². The first-order chi connectivity index (χ1) is 10.9. The maximum atomic E-state index is 4.77. The Kier molecular flexibility index (Phi) is 3.79. The van der Waals surface area contributed by atoms with Crippen molar-refractivity contribution in [2.24, 2.45) is 0 Å². The Hall–Kier alpha value is -1.91. The van der Waals surface area contributed by atoms with Crippen molar-refractivity contribution < 1.29 is 4.90 Å². The molecule has 0 unspecified atom stereocenters. The van der Waals surface area contributed by atoms with E-state index in [4.69, 9.17) is 4.98 Å². The summed E-state index contributed by atoms with van der Waals surface area (Å²) in [7, 11) is 0. The maximum Gasteiger partial charge on any atom is 0.148 e. The summed E-state index contributed by atoms with van der Waals surface area (Å²) in [6, 6.07) is 19.2. The number of hydrogen-bond acceptors (Lipinski definition) is 3. The summed E-state index contributed by atoms with van der Waals surface area (Å²) in [6.45, 7) is 5.69. The molecule has 1 fully saturated rings. The first-order valence-corrected chi connectivity index (χ1v) is 8.68. The number of nitrogens with zero attached hydrogens (tertiary/aromatic N) is 2. The lowest BCUT2D eigenvalue weighted by Crippen LogP contribution is -3.13. The SMILES string of the molecule is c1ccc(N2CC[NH+](Cc3nc4ccccc4s3)CC2)cc1. The molecule has 112 valence electrons. The number of thiazole rings is 1. The fourth-order valence-electron chi connectivity index (χ4n) is 3.11. The Morgan fingerprint density at radius 3 is 2.45 bits per heavy atom. The van der Waals surface area contributed by atoms with Gasteiger partial charge in [-0.3, -0.25) is 0 Å². The van der Waals surface area contributed by atoms with Gasteiger partial charge >= 0.3 is 0 Å². The van der Waals surface area contributed by atoms with Crippen LogP contribution in [0.5, 0.6) is 0 Å². The van der Waals surface area contributed by atoms with E-state index in [0.29, 0.717) is 0 Å². The van der Waals surface area contributed by atoms with E-state index < -0.39 is 0 Å². The highest BCUT2D eigenvalue weighted by atomic mass is 32.1. The summed E-state index contributed by atoms with van der Waals surface area (Å²) in [6.07, 6.45) is 0. The molecule has 4 heteroatoms. The smallest absolute Gasteiger partial charge is 0.148 e. The summed E-state index contributed by atoms with van der Waals surface area (Å²) >= 11 is 1.84. The van der Waals surface area contributed by atoms with Gasteiger partial charge in [0, 0.05) is 5.69 Å². The molecule has 0 spiro atoms. The molecule has 1 N–H and O–H groups in total. The number of aromatic nitrogens is 1. The number of nitrogens with one attached hydrogen (secondary N) is 1. The second-order valence-electron chi connectivity index (χ2n) is 5.82. The monoisotopic (exact) mass is 310 g/mol. The Balaban J connectivity index is 1.39. The largest absolute Gasteiger partial charge is 0.360 e. The van der Waals surface area contributed by atoms with Crippen molar-refractivity contribution in [1.29, 1.82) is 0 Å². The first-order valence-electron chi connectivity index (χ1n) is 7.86. The van der Waals surface area contributed by atoms with Crippen LogP contribution in [0.3, 0.4) is 0 Å². The number of quaternary nitrogens is 1. The van der Waals surface area contributed by atoms with Crippen LogP contribution in [0.2, 0.25) is 0 Å². The van der Waals surface area contributed by atoms with Gasteiger partial charge in [0.15, 0.2) is 0 Å². The molecule has 0 saturated carbocycles. The molecule has 3 aromatic rings. The highest BCUT2D eigenvalue weighted by Gasteiger charge is 2.21. The molecule has 1 aromatic heterocycles. The van der Waals surface area contributed by atoms with Crippen LogP contribution < -0.4 is 9.80 Å². The van der Waals surface area contributed by atoms with Crippen LogP contribution in [0.15, 0.2) is 54.6 Å². The van der Waals surface area contributed by atoms with Crippen LogP contribution in [0.1, 0.15) is 5.01 Å². The van der Waals surface area contributed by atoms with Crippen LogP contribution in [0.4, 0.5) is 5.69 Å². The Morgan fingerprint density at radius 1 is 0.955 bits per heavy atom. The van der Waals surface area contributed by atoms with Crippen molar-refractivity contribution in [3.05, 3.63) is 59.6 Å². The molecule has 1 aliphatic rings. The minimum Gasteiger partial charge on any atom is -0.360 e. The lowest BCUT2D eigenvalue weighted by atomic mass is 10.2. The maximum absolute atomic E-state index is 4.77. The van der Waals surface area contributed by atoms with Gasteiger partial charge in [0.2, 0.25) is 0 Å². The fourth-order valence-corrected chi connectivity index (χ4v) is 4.15. The molecule has 0 aliphatic carbocycles. The van der Waals surface area contributed by atoms with E-state index in [1.165, 1.54) is 28.5 Å². The van der Waals surface area contributed by atoms with Gasteiger partial charge in [0.05, 0.1) is 36.4 Å². The molecule has 0 atom stereocenters. The third kappa shape index (κ3) is 2.85. The normalized spacial score (nSPS) is 16.3. The van der Waals surface area contributed by atoms with E-state index in [1.54, 1.807) is 4.90 Å². The van der Waals surface area contributed by atoms with Crippen LogP contribution in [0, 0.1) is 0 Å². The van der Waals surface area contributed by atoms with Gasteiger partial charge < -0.3 is 9.80 Å². The summed E-state index contributed by atoms with van der Waals surface area (Å²) in [4.78, 5) is 8.90. The zero-order valence-electron chi connectivity index (χ0n) is 12.5. The molecule has 2 aromatic carbocycles. The van der Waals surface area contributed by atoms with Crippen molar-refractivity contribution >= 4 is 27.2 Å². The standard InChI is InChI=1S/C18H19N3S/c1-2-6-15(7-3-1)21-12-10-20(11-13-21)14-18-19-16-8-4-5-9-17(16)22-18/h1-9H,10-14H2/p+1. The summed E-state index contributed by atoms with van der Waals surface area (Å²) in [5, 5.41) is 1.27. The quantitative estimate of drug-likeness (QED) is 0.800. The minimum atomic E-state index is 1.06. The highest BCUT2D eigenvalue weighted by Crippen LogP contribution is 2.21. The van der Waals surface area contributed by atoms with Gasteiger partial charge in [-0.05, 0) is 24.3 Å². The Morgan fingerprint density at radius 2 is 1.68 bits per heavy atom. The van der Waals surface area contributed by atoms with Gasteiger partial charge in [0.25, 0.3) is 0 Å². The third-order valence-corrected chi connectivity index (χ3v) is 5.37. The molecule has 0 bridgehead atoms. The zero-order valence-corrected chi connectivity index (χ0v) is 13.4. The van der Waals surface area contributed by atoms with Crippen LogP contribution in [-0.4, -0.2) is 31.2 Å². The molecule has 0 radical (unpaired) electrons. The molecule has 3 nitrogen and oxygen atoms in total. The molecule has 0 amide bonds. The average Bonchev–Trinajstić information content (AvgIpc) is 2.98. The molecule has 4 rings (SSSR count). The van der Waals surface area contributed by atoms with Crippen molar-refractivity contribution in [3.63, 3.8) is 0 Å². The predicted octanol–water partition coefficient (Wildman–Crippen LogP) is 2.20. The molecule has 1 aliphatic heterocycles. The molecule has 22 heavy (non-hydrogen) atoms. The molecular formula is C18H20N3S+. The molecule has 1 saturated heterocycles. The van der Waals surface area contributed by atoms with Crippen molar-refractivity contribution in [3.8, 4) is 0 Å². The van der Waals surface area contributed by atoms with Crippen LogP contribution in [0.25, 0.3) is 10.2 Å². The zero-order chi connectivity index (χ0) is 14.8. The van der Waals surface area contributed by atoms with E-state index in [-0.39, 0.29) is 0 Å². The summed E-state index contributed by atoms with van der Waals surface area (Å²) in [5.74, 6) is 0. The van der Waals surface area contributed by atoms with Crippen LogP contribution >= 0.6 is 11.3 Å². The highest BCUT2D eigenvalue weighted by molar-refractivity contribution is 7.18. The molecule has 2 heterocycles. The number of para-hydroxylation sites is 2. The number of rotatable bonds is 3. The second-order valence-corrected chi connectivity index (χ2v) is 6.94. The number of fused-ring (bicyclic) bond motifs is 1. The van der Waals surface area contributed by atoms with Gasteiger partial charge in [-0.2, -0.15) is 0 Å². The first kappa shape index (κ1) is 13.7. The van der Waals surface area contributed by atoms with Gasteiger partial charge in [-0.1, -0.05) is 30.3 Å². The lowest BCUT2D eigenvalue weighted by molar-refractivity contribution is -0.914. The van der Waals surface area contributed by atoms with Gasteiger partial charge in [0.1, 0.15) is 11.6 Å². The Labute approximate surface area is 134 Å². The fraction of sp³-hybridized carbons (Fsp3) is 0.278. The van der Waals surface area contributed by atoms with E-state index in [0.717, 1.165) is 25.2 Å². The van der Waals surface area contributed by atoms with E-state index in [1.807, 2.05) is 11.3 Å².